The van der Waals surface area contributed by atoms with Gasteiger partial charge >= 0.3 is 0 Å². The van der Waals surface area contributed by atoms with Crippen molar-refractivity contribution in [3.05, 3.63) is 48.5 Å². The highest BCUT2D eigenvalue weighted by atomic mass is 32.2. The summed E-state index contributed by atoms with van der Waals surface area (Å²) in [7, 11) is -3.60. The van der Waals surface area contributed by atoms with Crippen molar-refractivity contribution in [3.63, 3.8) is 0 Å². The molecule has 10 heteroatoms. The van der Waals surface area contributed by atoms with Crippen LogP contribution in [0.5, 0.6) is 0 Å². The van der Waals surface area contributed by atoms with Gasteiger partial charge in [0.1, 0.15) is 6.54 Å². The SMILES string of the molecule is CC1CCCC(C)C1NC(=O)CN(c1ccc(S(=O)(=O)N2CCOCC2)cc1)c1nc2ccccc2s1. The Kier molecular flexibility index (Phi) is 7.80. The number of anilines is 2. The van der Waals surface area contributed by atoms with Crippen molar-refractivity contribution < 1.29 is 17.9 Å². The van der Waals surface area contributed by atoms with Crippen LogP contribution in [-0.4, -0.2) is 62.5 Å². The molecule has 1 aromatic heterocycles. The first-order valence-electron chi connectivity index (χ1n) is 12.9. The summed E-state index contributed by atoms with van der Waals surface area (Å²) in [5.74, 6) is 0.816. The van der Waals surface area contributed by atoms with Gasteiger partial charge in [0, 0.05) is 24.8 Å². The van der Waals surface area contributed by atoms with E-state index in [1.807, 2.05) is 29.2 Å². The number of sulfonamides is 1. The van der Waals surface area contributed by atoms with E-state index in [1.165, 1.54) is 22.1 Å². The molecule has 2 unspecified atom stereocenters. The number of ether oxygens (including phenoxy) is 1. The Bertz CT molecular complexity index is 1290. The Hall–Kier alpha value is -2.53. The molecule has 1 N–H and O–H groups in total. The highest BCUT2D eigenvalue weighted by Gasteiger charge is 2.30. The van der Waals surface area contributed by atoms with Crippen LogP contribution in [0, 0.1) is 11.8 Å². The largest absolute Gasteiger partial charge is 0.379 e. The summed E-state index contributed by atoms with van der Waals surface area (Å²) >= 11 is 1.52. The summed E-state index contributed by atoms with van der Waals surface area (Å²) in [6, 6.07) is 14.8. The predicted octanol–water partition coefficient (Wildman–Crippen LogP) is 4.40. The van der Waals surface area contributed by atoms with Gasteiger partial charge in [-0.25, -0.2) is 13.4 Å². The maximum absolute atomic E-state index is 13.3. The predicted molar refractivity (Wildman–Crippen MR) is 147 cm³/mol. The lowest BCUT2D eigenvalue weighted by atomic mass is 9.79. The van der Waals surface area contributed by atoms with E-state index in [0.717, 1.165) is 28.7 Å². The fourth-order valence-electron chi connectivity index (χ4n) is 5.32. The van der Waals surface area contributed by atoms with Gasteiger partial charge in [-0.05, 0) is 61.1 Å². The molecule has 1 aliphatic carbocycles. The average Bonchev–Trinajstić information content (AvgIpc) is 3.34. The molecule has 1 amide bonds. The van der Waals surface area contributed by atoms with E-state index in [9.17, 15) is 13.2 Å². The zero-order valence-corrected chi connectivity index (χ0v) is 22.9. The van der Waals surface area contributed by atoms with Crippen molar-refractivity contribution in [1.29, 1.82) is 0 Å². The standard InChI is InChI=1S/C27H34N4O4S2/c1-19-6-5-7-20(2)26(19)29-25(32)18-31(27-28-23-8-3-4-9-24(23)36-27)21-10-12-22(13-11-21)37(33,34)30-14-16-35-17-15-30/h3-4,8-13,19-20,26H,5-7,14-18H2,1-2H3,(H,29,32). The van der Waals surface area contributed by atoms with Crippen molar-refractivity contribution in [1.82, 2.24) is 14.6 Å². The van der Waals surface area contributed by atoms with Gasteiger partial charge in [-0.2, -0.15) is 4.31 Å². The molecule has 2 aromatic carbocycles. The van der Waals surface area contributed by atoms with Gasteiger partial charge < -0.3 is 15.0 Å². The number of amides is 1. The van der Waals surface area contributed by atoms with Gasteiger partial charge in [0.15, 0.2) is 5.13 Å². The van der Waals surface area contributed by atoms with Crippen LogP contribution in [0.3, 0.4) is 0 Å². The number of fused-ring (bicyclic) bond motifs is 1. The van der Waals surface area contributed by atoms with E-state index in [4.69, 9.17) is 9.72 Å². The Morgan fingerprint density at radius 2 is 1.76 bits per heavy atom. The van der Waals surface area contributed by atoms with Crippen LogP contribution in [0.25, 0.3) is 10.2 Å². The topological polar surface area (TPSA) is 91.8 Å². The maximum atomic E-state index is 13.3. The van der Waals surface area contributed by atoms with Crippen molar-refractivity contribution in [2.75, 3.05) is 37.7 Å². The zero-order valence-electron chi connectivity index (χ0n) is 21.3. The van der Waals surface area contributed by atoms with Gasteiger partial charge in [-0.1, -0.05) is 43.7 Å². The second-order valence-corrected chi connectivity index (χ2v) is 13.0. The third-order valence-electron chi connectivity index (χ3n) is 7.44. The van der Waals surface area contributed by atoms with Gasteiger partial charge in [0.05, 0.1) is 28.3 Å². The number of rotatable bonds is 7. The maximum Gasteiger partial charge on any atom is 0.243 e. The second kappa shape index (κ2) is 11.1. The lowest BCUT2D eigenvalue weighted by Gasteiger charge is -2.35. The van der Waals surface area contributed by atoms with E-state index >= 15 is 0 Å². The summed E-state index contributed by atoms with van der Waals surface area (Å²) < 4.78 is 34.0. The lowest BCUT2D eigenvalue weighted by molar-refractivity contribution is -0.121. The summed E-state index contributed by atoms with van der Waals surface area (Å²) in [4.78, 5) is 20.2. The van der Waals surface area contributed by atoms with Crippen LogP contribution < -0.4 is 10.2 Å². The minimum atomic E-state index is -3.60. The number of aromatic nitrogens is 1. The number of nitrogens with zero attached hydrogens (tertiary/aromatic N) is 3. The molecule has 2 fully saturated rings. The van der Waals surface area contributed by atoms with Crippen LogP contribution in [0.2, 0.25) is 0 Å². The molecule has 5 rings (SSSR count). The fraction of sp³-hybridized carbons (Fsp3) is 0.481. The van der Waals surface area contributed by atoms with E-state index in [0.29, 0.717) is 43.3 Å². The smallest absolute Gasteiger partial charge is 0.243 e. The number of hydrogen-bond acceptors (Lipinski definition) is 7. The lowest BCUT2D eigenvalue weighted by Crippen LogP contribution is -2.48. The molecule has 0 spiro atoms. The molecule has 3 aromatic rings. The molecular formula is C27H34N4O4S2. The number of para-hydroxylation sites is 1. The van der Waals surface area contributed by atoms with Gasteiger partial charge in [-0.15, -0.1) is 0 Å². The minimum Gasteiger partial charge on any atom is -0.379 e. The van der Waals surface area contributed by atoms with E-state index in [1.54, 1.807) is 24.3 Å². The third kappa shape index (κ3) is 5.67. The first-order valence-corrected chi connectivity index (χ1v) is 15.2. The van der Waals surface area contributed by atoms with Crippen LogP contribution in [0.4, 0.5) is 10.8 Å². The fourth-order valence-corrected chi connectivity index (χ4v) is 7.71. The molecule has 0 bridgehead atoms. The molecule has 37 heavy (non-hydrogen) atoms. The second-order valence-electron chi connectivity index (χ2n) is 10.0. The Balaban J connectivity index is 1.42. The van der Waals surface area contributed by atoms with Crippen molar-refractivity contribution >= 4 is 48.3 Å². The van der Waals surface area contributed by atoms with Crippen LogP contribution in [-0.2, 0) is 19.6 Å². The number of thiazole rings is 1. The molecule has 1 saturated carbocycles. The molecule has 2 aliphatic rings. The van der Waals surface area contributed by atoms with Crippen LogP contribution in [0.1, 0.15) is 33.1 Å². The van der Waals surface area contributed by atoms with E-state index in [2.05, 4.69) is 19.2 Å². The monoisotopic (exact) mass is 542 g/mol. The average molecular weight is 543 g/mol. The minimum absolute atomic E-state index is 0.0603. The number of morpholine rings is 1. The quantitative estimate of drug-likeness (QED) is 0.476. The number of carbonyl (C=O) groups excluding carboxylic acids is 1. The Morgan fingerprint density at radius 3 is 2.43 bits per heavy atom. The number of benzene rings is 2. The molecule has 8 nitrogen and oxygen atoms in total. The third-order valence-corrected chi connectivity index (χ3v) is 10.4. The molecule has 1 aliphatic heterocycles. The normalized spacial score (nSPS) is 23.1. The number of hydrogen-bond donors (Lipinski definition) is 1. The molecule has 0 radical (unpaired) electrons. The number of carbonyl (C=O) groups is 1. The van der Waals surface area contributed by atoms with E-state index < -0.39 is 10.0 Å². The van der Waals surface area contributed by atoms with Crippen molar-refractivity contribution in [2.24, 2.45) is 11.8 Å². The summed E-state index contributed by atoms with van der Waals surface area (Å²) in [6.07, 6.45) is 3.44. The highest BCUT2D eigenvalue weighted by Crippen LogP contribution is 2.34. The number of nitrogens with one attached hydrogen (secondary N) is 1. The summed E-state index contributed by atoms with van der Waals surface area (Å²) in [6.45, 7) is 6.01. The molecule has 198 valence electrons. The summed E-state index contributed by atoms with van der Waals surface area (Å²) in [5, 5.41) is 3.98. The van der Waals surface area contributed by atoms with Crippen molar-refractivity contribution in [3.8, 4) is 0 Å². The first-order chi connectivity index (χ1) is 17.8. The molecule has 1 saturated heterocycles. The van der Waals surface area contributed by atoms with Crippen LogP contribution in [0.15, 0.2) is 53.4 Å². The van der Waals surface area contributed by atoms with Crippen LogP contribution >= 0.6 is 11.3 Å². The molecule has 2 atom stereocenters. The molecular weight excluding hydrogens is 508 g/mol. The first kappa shape index (κ1) is 26.1. The van der Waals surface area contributed by atoms with Gasteiger partial charge in [0.2, 0.25) is 15.9 Å². The van der Waals surface area contributed by atoms with Gasteiger partial charge in [-0.3, -0.25) is 4.79 Å². The van der Waals surface area contributed by atoms with E-state index in [-0.39, 0.29) is 23.4 Å². The Labute approximate surface area is 222 Å². The Morgan fingerprint density at radius 1 is 1.08 bits per heavy atom. The molecule has 2 heterocycles. The highest BCUT2D eigenvalue weighted by molar-refractivity contribution is 7.89. The van der Waals surface area contributed by atoms with Crippen molar-refractivity contribution in [2.45, 2.75) is 44.0 Å². The van der Waals surface area contributed by atoms with Gasteiger partial charge in [0.25, 0.3) is 0 Å². The zero-order chi connectivity index (χ0) is 26.0. The summed E-state index contributed by atoms with van der Waals surface area (Å²) in [5.41, 5.74) is 1.59.